The van der Waals surface area contributed by atoms with Crippen LogP contribution in [0.2, 0.25) is 0 Å². The van der Waals surface area contributed by atoms with Crippen LogP contribution < -0.4 is 4.74 Å². The fourth-order valence-electron chi connectivity index (χ4n) is 3.32. The third-order valence-corrected chi connectivity index (χ3v) is 6.30. The molecular formula is C18H18N4O4S. The molecule has 8 nitrogen and oxygen atoms in total. The molecule has 0 saturated heterocycles. The quantitative estimate of drug-likeness (QED) is 0.796. The zero-order valence-electron chi connectivity index (χ0n) is 15.0. The van der Waals surface area contributed by atoms with Crippen LogP contribution >= 0.6 is 0 Å². The van der Waals surface area contributed by atoms with Crippen molar-refractivity contribution in [2.75, 3.05) is 21.2 Å². The lowest BCUT2D eigenvalue weighted by atomic mass is 10.2. The van der Waals surface area contributed by atoms with Gasteiger partial charge in [-0.2, -0.15) is 5.01 Å². The Morgan fingerprint density at radius 2 is 1.78 bits per heavy atom. The molecule has 0 aromatic heterocycles. The zero-order chi connectivity index (χ0) is 19.3. The molecule has 9 heteroatoms. The van der Waals surface area contributed by atoms with E-state index in [9.17, 15) is 13.2 Å². The molecule has 2 aliphatic rings. The van der Waals surface area contributed by atoms with Gasteiger partial charge in [0.2, 0.25) is 0 Å². The number of para-hydroxylation sites is 1. The number of amides is 1. The first kappa shape index (κ1) is 17.5. The van der Waals surface area contributed by atoms with Crippen LogP contribution in [0.15, 0.2) is 58.5 Å². The number of hydrogen-bond donors (Lipinski definition) is 0. The van der Waals surface area contributed by atoms with Crippen molar-refractivity contribution in [3.63, 3.8) is 0 Å². The molecule has 0 radical (unpaired) electrons. The third kappa shape index (κ3) is 2.42. The van der Waals surface area contributed by atoms with Crippen molar-refractivity contribution in [2.45, 2.75) is 11.2 Å². The van der Waals surface area contributed by atoms with E-state index in [1.54, 1.807) is 67.5 Å². The Hall–Kier alpha value is -2.91. The van der Waals surface area contributed by atoms with Crippen molar-refractivity contribution >= 4 is 21.8 Å². The van der Waals surface area contributed by atoms with Gasteiger partial charge in [-0.05, 0) is 38.4 Å². The average Bonchev–Trinajstić information content (AvgIpc) is 3.17. The fourth-order valence-corrected chi connectivity index (χ4v) is 5.11. The van der Waals surface area contributed by atoms with E-state index in [2.05, 4.69) is 5.10 Å². The summed E-state index contributed by atoms with van der Waals surface area (Å²) in [6, 6.07) is 13.4. The summed E-state index contributed by atoms with van der Waals surface area (Å²) in [5.41, 5.74) is 0.794. The van der Waals surface area contributed by atoms with E-state index in [0.717, 1.165) is 0 Å². The maximum absolute atomic E-state index is 13.2. The SMILES string of the molecule is COc1ccccc1C(=O)N1N=C2c3ccccc3S(=O)(=O)N2[C@H]1N(C)C. The van der Waals surface area contributed by atoms with Crippen molar-refractivity contribution in [3.8, 4) is 5.75 Å². The summed E-state index contributed by atoms with van der Waals surface area (Å²) in [6.45, 7) is 0. The number of sulfonamides is 1. The highest BCUT2D eigenvalue weighted by Gasteiger charge is 2.52. The Balaban J connectivity index is 1.86. The highest BCUT2D eigenvalue weighted by atomic mass is 32.2. The summed E-state index contributed by atoms with van der Waals surface area (Å²) in [6.07, 6.45) is -0.908. The summed E-state index contributed by atoms with van der Waals surface area (Å²) in [4.78, 5) is 15.0. The number of rotatable bonds is 3. The van der Waals surface area contributed by atoms with Crippen LogP contribution in [0.1, 0.15) is 15.9 Å². The molecule has 1 amide bonds. The van der Waals surface area contributed by atoms with Crippen molar-refractivity contribution < 1.29 is 17.9 Å². The Bertz CT molecular complexity index is 1060. The van der Waals surface area contributed by atoms with Crippen LogP contribution in [0.5, 0.6) is 5.75 Å². The number of nitrogens with zero attached hydrogens (tertiary/aromatic N) is 4. The standard InChI is InChI=1S/C18H18N4O4S/c1-20(2)18-21(17(23)12-8-4-6-10-14(12)26-3)19-16-13-9-5-7-11-15(13)27(24,25)22(16)18/h4-11,18H,1-3H3/t18-/m0/s1. The van der Waals surface area contributed by atoms with Crippen molar-refractivity contribution in [2.24, 2.45) is 5.10 Å². The molecule has 27 heavy (non-hydrogen) atoms. The number of hydrazone groups is 1. The van der Waals surface area contributed by atoms with Crippen LogP contribution in [0.3, 0.4) is 0 Å². The van der Waals surface area contributed by atoms with Gasteiger partial charge in [-0.3, -0.25) is 9.69 Å². The minimum Gasteiger partial charge on any atom is -0.496 e. The Labute approximate surface area is 157 Å². The van der Waals surface area contributed by atoms with Crippen LogP contribution in [0, 0.1) is 0 Å². The summed E-state index contributed by atoms with van der Waals surface area (Å²) < 4.78 is 32.6. The van der Waals surface area contributed by atoms with Gasteiger partial charge >= 0.3 is 0 Å². The zero-order valence-corrected chi connectivity index (χ0v) is 15.8. The molecule has 2 aromatic carbocycles. The average molecular weight is 386 g/mol. The molecular weight excluding hydrogens is 368 g/mol. The number of amidine groups is 1. The van der Waals surface area contributed by atoms with E-state index in [1.807, 2.05) is 0 Å². The van der Waals surface area contributed by atoms with Crippen molar-refractivity contribution in [3.05, 3.63) is 59.7 Å². The third-order valence-electron chi connectivity index (χ3n) is 4.51. The molecule has 1 atom stereocenters. The van der Waals surface area contributed by atoms with E-state index < -0.39 is 22.2 Å². The predicted molar refractivity (Wildman–Crippen MR) is 98.6 cm³/mol. The topological polar surface area (TPSA) is 82.5 Å². The number of benzene rings is 2. The van der Waals surface area contributed by atoms with Gasteiger partial charge < -0.3 is 4.74 Å². The molecule has 0 bridgehead atoms. The molecule has 0 unspecified atom stereocenters. The Morgan fingerprint density at radius 3 is 2.48 bits per heavy atom. The second-order valence-electron chi connectivity index (χ2n) is 6.38. The number of carbonyl (C=O) groups excluding carboxylic acids is 1. The van der Waals surface area contributed by atoms with Gasteiger partial charge in [0.1, 0.15) is 5.75 Å². The number of methoxy groups -OCH3 is 1. The van der Waals surface area contributed by atoms with Gasteiger partial charge in [0, 0.05) is 5.56 Å². The summed E-state index contributed by atoms with van der Waals surface area (Å²) in [5.74, 6) is 0.198. The molecule has 0 spiro atoms. The molecule has 0 N–H and O–H groups in total. The Morgan fingerprint density at radius 1 is 1.11 bits per heavy atom. The highest BCUT2D eigenvalue weighted by Crippen LogP contribution is 2.38. The number of hydrogen-bond acceptors (Lipinski definition) is 6. The Kier molecular flexibility index (Phi) is 3.93. The van der Waals surface area contributed by atoms with Gasteiger partial charge in [-0.15, -0.1) is 5.10 Å². The first-order chi connectivity index (χ1) is 12.9. The maximum atomic E-state index is 13.2. The summed E-state index contributed by atoms with van der Waals surface area (Å²) in [7, 11) is 1.07. The number of ether oxygens (including phenoxy) is 1. The van der Waals surface area contributed by atoms with Gasteiger partial charge in [-0.25, -0.2) is 12.7 Å². The molecule has 2 aliphatic heterocycles. The minimum atomic E-state index is -3.81. The van der Waals surface area contributed by atoms with Gasteiger partial charge in [0.05, 0.1) is 17.6 Å². The lowest BCUT2D eigenvalue weighted by molar-refractivity contribution is 0.0339. The van der Waals surface area contributed by atoms with Crippen LogP contribution in [-0.4, -0.2) is 61.9 Å². The minimum absolute atomic E-state index is 0.194. The summed E-state index contributed by atoms with van der Waals surface area (Å²) in [5, 5.41) is 5.57. The maximum Gasteiger partial charge on any atom is 0.280 e. The van der Waals surface area contributed by atoms with E-state index in [4.69, 9.17) is 4.74 Å². The van der Waals surface area contributed by atoms with E-state index in [0.29, 0.717) is 16.9 Å². The van der Waals surface area contributed by atoms with Gasteiger partial charge in [0.25, 0.3) is 15.9 Å². The molecule has 2 heterocycles. The smallest absolute Gasteiger partial charge is 0.280 e. The van der Waals surface area contributed by atoms with Gasteiger partial charge in [-0.1, -0.05) is 24.3 Å². The predicted octanol–water partition coefficient (Wildman–Crippen LogP) is 1.36. The van der Waals surface area contributed by atoms with Crippen LogP contribution in [-0.2, 0) is 10.0 Å². The van der Waals surface area contributed by atoms with Gasteiger partial charge in [0.15, 0.2) is 12.1 Å². The summed E-state index contributed by atoms with van der Waals surface area (Å²) >= 11 is 0. The highest BCUT2D eigenvalue weighted by molar-refractivity contribution is 7.90. The fraction of sp³-hybridized carbons (Fsp3) is 0.222. The van der Waals surface area contributed by atoms with E-state index in [1.165, 1.54) is 16.4 Å². The number of carbonyl (C=O) groups is 1. The van der Waals surface area contributed by atoms with E-state index in [-0.39, 0.29) is 10.7 Å². The second kappa shape index (κ2) is 6.07. The lowest BCUT2D eigenvalue weighted by Crippen LogP contribution is -2.53. The van der Waals surface area contributed by atoms with E-state index >= 15 is 0 Å². The normalized spacial score (nSPS) is 19.7. The first-order valence-corrected chi connectivity index (χ1v) is 9.67. The monoisotopic (exact) mass is 386 g/mol. The molecule has 0 saturated carbocycles. The largest absolute Gasteiger partial charge is 0.496 e. The van der Waals surface area contributed by atoms with Crippen LogP contribution in [0.25, 0.3) is 0 Å². The molecule has 140 valence electrons. The van der Waals surface area contributed by atoms with Crippen LogP contribution in [0.4, 0.5) is 0 Å². The molecule has 0 aliphatic carbocycles. The second-order valence-corrected chi connectivity index (χ2v) is 8.16. The first-order valence-electron chi connectivity index (χ1n) is 8.23. The lowest BCUT2D eigenvalue weighted by Gasteiger charge is -2.32. The number of fused-ring (bicyclic) bond motifs is 3. The molecule has 2 aromatic rings. The van der Waals surface area contributed by atoms with Crippen molar-refractivity contribution in [1.82, 2.24) is 14.2 Å². The molecule has 4 rings (SSSR count). The van der Waals surface area contributed by atoms with Crippen molar-refractivity contribution in [1.29, 1.82) is 0 Å². The molecule has 0 fully saturated rings.